The summed E-state index contributed by atoms with van der Waals surface area (Å²) in [6.07, 6.45) is 4.42. The minimum atomic E-state index is -3.49. The lowest BCUT2D eigenvalue weighted by Crippen LogP contribution is -2.09. The van der Waals surface area contributed by atoms with Gasteiger partial charge in [-0.1, -0.05) is 19.8 Å². The van der Waals surface area contributed by atoms with E-state index < -0.39 is 10.0 Å². The smallest absolute Gasteiger partial charge is 0.224 e. The van der Waals surface area contributed by atoms with Crippen LogP contribution < -0.4 is 5.14 Å². The molecule has 80 valence electrons. The van der Waals surface area contributed by atoms with Gasteiger partial charge < -0.3 is 0 Å². The standard InChI is InChI=1S/C9H15NO2S2/c1-2-3-4-5-8-6-7-9(13-8)14(10,11)12/h6-7H,2-5H2,1H3,(H2,10,11,12). The zero-order chi connectivity index (χ0) is 10.6. The number of thiophene rings is 1. The second-order valence-corrected chi connectivity index (χ2v) is 6.18. The van der Waals surface area contributed by atoms with E-state index in [0.29, 0.717) is 0 Å². The number of unbranched alkanes of at least 4 members (excludes halogenated alkanes) is 2. The molecule has 0 spiro atoms. The summed E-state index contributed by atoms with van der Waals surface area (Å²) in [5.74, 6) is 0. The van der Waals surface area contributed by atoms with Crippen LogP contribution in [0.25, 0.3) is 0 Å². The third-order valence-electron chi connectivity index (χ3n) is 1.94. The van der Waals surface area contributed by atoms with Gasteiger partial charge in [-0.3, -0.25) is 0 Å². The van der Waals surface area contributed by atoms with Crippen LogP contribution in [0.5, 0.6) is 0 Å². The number of rotatable bonds is 5. The highest BCUT2D eigenvalue weighted by Crippen LogP contribution is 2.21. The predicted octanol–water partition coefficient (Wildman–Crippen LogP) is 2.13. The van der Waals surface area contributed by atoms with Crippen molar-refractivity contribution in [3.63, 3.8) is 0 Å². The highest BCUT2D eigenvalue weighted by atomic mass is 32.2. The van der Waals surface area contributed by atoms with E-state index in [0.717, 1.165) is 17.7 Å². The number of hydrogen-bond donors (Lipinski definition) is 1. The molecular formula is C9H15NO2S2. The molecule has 0 amide bonds. The van der Waals surface area contributed by atoms with Crippen LogP contribution in [-0.2, 0) is 16.4 Å². The molecule has 0 atom stereocenters. The molecule has 1 aromatic rings. The zero-order valence-electron chi connectivity index (χ0n) is 8.19. The number of primary sulfonamides is 1. The van der Waals surface area contributed by atoms with Crippen molar-refractivity contribution in [2.75, 3.05) is 0 Å². The molecule has 0 aromatic carbocycles. The van der Waals surface area contributed by atoms with Crippen LogP contribution in [0.1, 0.15) is 31.1 Å². The Labute approximate surface area is 89.0 Å². The Balaban J connectivity index is 2.60. The average Bonchev–Trinajstić information content (AvgIpc) is 2.52. The molecule has 1 aromatic heterocycles. The van der Waals surface area contributed by atoms with E-state index in [-0.39, 0.29) is 4.21 Å². The monoisotopic (exact) mass is 233 g/mol. The summed E-state index contributed by atoms with van der Waals surface area (Å²) in [4.78, 5) is 1.10. The Hall–Kier alpha value is -0.390. The second-order valence-electron chi connectivity index (χ2n) is 3.22. The summed E-state index contributed by atoms with van der Waals surface area (Å²) in [7, 11) is -3.49. The first-order chi connectivity index (χ1) is 6.54. The van der Waals surface area contributed by atoms with Crippen molar-refractivity contribution in [1.29, 1.82) is 0 Å². The van der Waals surface area contributed by atoms with E-state index in [1.807, 2.05) is 6.07 Å². The Morgan fingerprint density at radius 3 is 2.57 bits per heavy atom. The van der Waals surface area contributed by atoms with Crippen molar-refractivity contribution in [1.82, 2.24) is 0 Å². The summed E-state index contributed by atoms with van der Waals surface area (Å²) in [5, 5.41) is 5.01. The maximum Gasteiger partial charge on any atom is 0.247 e. The first-order valence-corrected chi connectivity index (χ1v) is 7.02. The van der Waals surface area contributed by atoms with E-state index in [9.17, 15) is 8.42 Å². The van der Waals surface area contributed by atoms with Crippen LogP contribution in [0.3, 0.4) is 0 Å². The molecule has 1 rings (SSSR count). The van der Waals surface area contributed by atoms with E-state index in [4.69, 9.17) is 5.14 Å². The third kappa shape index (κ3) is 3.40. The van der Waals surface area contributed by atoms with Crippen LogP contribution in [0.4, 0.5) is 0 Å². The molecule has 0 unspecified atom stereocenters. The zero-order valence-corrected chi connectivity index (χ0v) is 9.83. The van der Waals surface area contributed by atoms with Gasteiger partial charge in [0, 0.05) is 4.88 Å². The minimum absolute atomic E-state index is 0.268. The van der Waals surface area contributed by atoms with Crippen LogP contribution in [0.15, 0.2) is 16.3 Å². The Morgan fingerprint density at radius 1 is 1.36 bits per heavy atom. The first-order valence-electron chi connectivity index (χ1n) is 4.65. The van der Waals surface area contributed by atoms with Crippen LogP contribution in [0, 0.1) is 0 Å². The van der Waals surface area contributed by atoms with E-state index in [1.54, 1.807) is 6.07 Å². The molecular weight excluding hydrogens is 218 g/mol. The minimum Gasteiger partial charge on any atom is -0.224 e. The second kappa shape index (κ2) is 4.91. The average molecular weight is 233 g/mol. The molecule has 1 heterocycles. The molecule has 5 heteroatoms. The topological polar surface area (TPSA) is 60.2 Å². The normalized spacial score (nSPS) is 11.9. The first kappa shape index (κ1) is 11.7. The van der Waals surface area contributed by atoms with Gasteiger partial charge in [-0.25, -0.2) is 13.6 Å². The lowest BCUT2D eigenvalue weighted by Gasteiger charge is -1.94. The Morgan fingerprint density at radius 2 is 2.07 bits per heavy atom. The maximum absolute atomic E-state index is 11.0. The third-order valence-corrected chi connectivity index (χ3v) is 4.53. The van der Waals surface area contributed by atoms with Crippen molar-refractivity contribution in [2.24, 2.45) is 5.14 Å². The summed E-state index contributed by atoms with van der Waals surface area (Å²) >= 11 is 1.28. The van der Waals surface area contributed by atoms with Crippen molar-refractivity contribution in [3.05, 3.63) is 17.0 Å². The number of hydrogen-bond acceptors (Lipinski definition) is 3. The summed E-state index contributed by atoms with van der Waals surface area (Å²) < 4.78 is 22.2. The van der Waals surface area contributed by atoms with Crippen molar-refractivity contribution >= 4 is 21.4 Å². The van der Waals surface area contributed by atoms with Crippen LogP contribution in [-0.4, -0.2) is 8.42 Å². The number of nitrogens with two attached hydrogens (primary N) is 1. The van der Waals surface area contributed by atoms with Crippen LogP contribution in [0.2, 0.25) is 0 Å². The van der Waals surface area contributed by atoms with Gasteiger partial charge in [0.2, 0.25) is 10.0 Å². The van der Waals surface area contributed by atoms with Crippen molar-refractivity contribution in [2.45, 2.75) is 36.8 Å². The fourth-order valence-electron chi connectivity index (χ4n) is 1.19. The largest absolute Gasteiger partial charge is 0.247 e. The van der Waals surface area contributed by atoms with Gasteiger partial charge >= 0.3 is 0 Å². The van der Waals surface area contributed by atoms with Gasteiger partial charge in [-0.2, -0.15) is 0 Å². The highest BCUT2D eigenvalue weighted by Gasteiger charge is 2.10. The molecule has 0 bridgehead atoms. The molecule has 0 radical (unpaired) electrons. The molecule has 0 aliphatic carbocycles. The Kier molecular flexibility index (Phi) is 4.10. The van der Waals surface area contributed by atoms with Crippen molar-refractivity contribution < 1.29 is 8.42 Å². The molecule has 2 N–H and O–H groups in total. The Bertz CT molecular complexity index is 381. The van der Waals surface area contributed by atoms with Gasteiger partial charge in [0.05, 0.1) is 0 Å². The molecule has 0 aliphatic heterocycles. The predicted molar refractivity (Wildman–Crippen MR) is 58.9 cm³/mol. The van der Waals surface area contributed by atoms with Gasteiger partial charge in [-0.05, 0) is 25.0 Å². The van der Waals surface area contributed by atoms with Gasteiger partial charge in [0.15, 0.2) is 0 Å². The number of aryl methyl sites for hydroxylation is 1. The van der Waals surface area contributed by atoms with Gasteiger partial charge in [0.1, 0.15) is 4.21 Å². The van der Waals surface area contributed by atoms with Crippen molar-refractivity contribution in [3.8, 4) is 0 Å². The lowest BCUT2D eigenvalue weighted by molar-refractivity contribution is 0.600. The molecule has 3 nitrogen and oxygen atoms in total. The highest BCUT2D eigenvalue weighted by molar-refractivity contribution is 7.91. The van der Waals surface area contributed by atoms with Gasteiger partial charge in [0.25, 0.3) is 0 Å². The summed E-state index contributed by atoms with van der Waals surface area (Å²) in [5.41, 5.74) is 0. The van der Waals surface area contributed by atoms with E-state index in [2.05, 4.69) is 6.92 Å². The molecule has 0 aliphatic rings. The van der Waals surface area contributed by atoms with E-state index >= 15 is 0 Å². The SMILES string of the molecule is CCCCCc1ccc(S(N)(=O)=O)s1. The molecule has 14 heavy (non-hydrogen) atoms. The molecule has 0 saturated heterocycles. The molecule has 0 saturated carbocycles. The fourth-order valence-corrected chi connectivity index (χ4v) is 3.02. The fraction of sp³-hybridized carbons (Fsp3) is 0.556. The lowest BCUT2D eigenvalue weighted by atomic mass is 10.2. The summed E-state index contributed by atoms with van der Waals surface area (Å²) in [6, 6.07) is 3.43. The number of sulfonamides is 1. The quantitative estimate of drug-likeness (QED) is 0.792. The van der Waals surface area contributed by atoms with E-state index in [1.165, 1.54) is 24.2 Å². The van der Waals surface area contributed by atoms with Crippen LogP contribution >= 0.6 is 11.3 Å². The molecule has 0 fully saturated rings. The van der Waals surface area contributed by atoms with Gasteiger partial charge in [-0.15, -0.1) is 11.3 Å². The maximum atomic E-state index is 11.0. The summed E-state index contributed by atoms with van der Waals surface area (Å²) in [6.45, 7) is 2.14.